The first-order valence-electron chi connectivity index (χ1n) is 11.3. The minimum Gasteiger partial charge on any atom is -0.493 e. The molecule has 0 radical (unpaired) electrons. The van der Waals surface area contributed by atoms with Gasteiger partial charge in [0.05, 0.1) is 32.8 Å². The smallest absolute Gasteiger partial charge is 0.269 e. The molecule has 0 atom stereocenters. The molecule has 8 heteroatoms. The molecule has 1 aromatic heterocycles. The predicted octanol–water partition coefficient (Wildman–Crippen LogP) is 5.05. The zero-order valence-electron chi connectivity index (χ0n) is 19.2. The number of ether oxygens (including phenoxy) is 2. The van der Waals surface area contributed by atoms with E-state index in [1.807, 2.05) is 28.8 Å². The number of hydrogen-bond acceptors (Lipinski definition) is 6. The quantitative estimate of drug-likeness (QED) is 0.509. The van der Waals surface area contributed by atoms with Crippen molar-refractivity contribution in [3.05, 3.63) is 48.0 Å². The number of aromatic hydroxyl groups is 1. The molecule has 4 rings (SSSR count). The first-order chi connectivity index (χ1) is 16.1. The highest BCUT2D eigenvalue weighted by atomic mass is 16.5. The highest BCUT2D eigenvalue weighted by Gasteiger charge is 2.19. The van der Waals surface area contributed by atoms with E-state index < -0.39 is 5.91 Å². The molecule has 1 N–H and O–H groups in total. The Morgan fingerprint density at radius 3 is 2.45 bits per heavy atom. The molecule has 0 spiro atoms. The van der Waals surface area contributed by atoms with Gasteiger partial charge in [0.2, 0.25) is 5.88 Å². The van der Waals surface area contributed by atoms with Crippen molar-refractivity contribution in [2.24, 2.45) is 10.2 Å². The highest BCUT2D eigenvalue weighted by molar-refractivity contribution is 5.95. The SMILES string of the molecule is COc1ccc(CC(=O)N=Nc2c(O)n(CN3CCCCCC3)c3ccccc23)cc1OC. The second kappa shape index (κ2) is 10.5. The molecule has 0 aliphatic carbocycles. The van der Waals surface area contributed by atoms with E-state index in [4.69, 9.17) is 9.47 Å². The molecular weight excluding hydrogens is 420 g/mol. The number of para-hydroxylation sites is 1. The summed E-state index contributed by atoms with van der Waals surface area (Å²) in [5.74, 6) is 0.764. The van der Waals surface area contributed by atoms with Gasteiger partial charge in [-0.2, -0.15) is 0 Å². The third-order valence-electron chi connectivity index (χ3n) is 6.02. The van der Waals surface area contributed by atoms with Crippen LogP contribution in [0.25, 0.3) is 10.9 Å². The molecule has 33 heavy (non-hydrogen) atoms. The number of likely N-dealkylation sites (tertiary alicyclic amines) is 1. The Morgan fingerprint density at radius 1 is 1.00 bits per heavy atom. The number of carbonyl (C=O) groups excluding carboxylic acids is 1. The third kappa shape index (κ3) is 5.17. The van der Waals surface area contributed by atoms with Crippen LogP contribution in [0.15, 0.2) is 52.7 Å². The second-order valence-corrected chi connectivity index (χ2v) is 8.25. The van der Waals surface area contributed by atoms with Crippen molar-refractivity contribution >= 4 is 22.5 Å². The van der Waals surface area contributed by atoms with Gasteiger partial charge in [-0.1, -0.05) is 37.1 Å². The molecule has 1 fully saturated rings. The monoisotopic (exact) mass is 450 g/mol. The van der Waals surface area contributed by atoms with Gasteiger partial charge in [-0.15, -0.1) is 10.2 Å². The molecule has 2 heterocycles. The minimum absolute atomic E-state index is 0.0307. The van der Waals surface area contributed by atoms with E-state index in [0.29, 0.717) is 23.9 Å². The number of azo groups is 1. The van der Waals surface area contributed by atoms with E-state index >= 15 is 0 Å². The van der Waals surface area contributed by atoms with Crippen molar-refractivity contribution in [3.63, 3.8) is 0 Å². The van der Waals surface area contributed by atoms with Gasteiger partial charge in [-0.05, 0) is 49.7 Å². The first-order valence-corrected chi connectivity index (χ1v) is 11.3. The predicted molar refractivity (Wildman–Crippen MR) is 126 cm³/mol. The van der Waals surface area contributed by atoms with E-state index in [2.05, 4.69) is 15.1 Å². The van der Waals surface area contributed by atoms with Crippen molar-refractivity contribution in [1.29, 1.82) is 0 Å². The molecule has 3 aromatic rings. The molecule has 8 nitrogen and oxygen atoms in total. The summed E-state index contributed by atoms with van der Waals surface area (Å²) in [7, 11) is 3.11. The molecule has 2 aromatic carbocycles. The van der Waals surface area contributed by atoms with Crippen LogP contribution in [-0.2, 0) is 17.9 Å². The summed E-state index contributed by atoms with van der Waals surface area (Å²) in [5.41, 5.74) is 1.94. The molecule has 0 bridgehead atoms. The Hall–Kier alpha value is -3.39. The molecule has 0 saturated carbocycles. The van der Waals surface area contributed by atoms with Crippen LogP contribution in [0, 0.1) is 0 Å². The number of hydrogen-bond donors (Lipinski definition) is 1. The van der Waals surface area contributed by atoms with Crippen LogP contribution in [-0.4, -0.2) is 47.8 Å². The summed E-state index contributed by atoms with van der Waals surface area (Å²) in [6, 6.07) is 13.0. The maximum absolute atomic E-state index is 12.5. The zero-order valence-corrected chi connectivity index (χ0v) is 19.2. The van der Waals surface area contributed by atoms with Crippen molar-refractivity contribution < 1.29 is 19.4 Å². The van der Waals surface area contributed by atoms with Gasteiger partial charge in [0, 0.05) is 5.39 Å². The van der Waals surface area contributed by atoms with Crippen LogP contribution >= 0.6 is 0 Å². The maximum Gasteiger partial charge on any atom is 0.269 e. The number of nitrogens with zero attached hydrogens (tertiary/aromatic N) is 4. The van der Waals surface area contributed by atoms with Crippen molar-refractivity contribution in [1.82, 2.24) is 9.47 Å². The van der Waals surface area contributed by atoms with Crippen LogP contribution in [0.5, 0.6) is 17.4 Å². The van der Waals surface area contributed by atoms with Gasteiger partial charge in [0.25, 0.3) is 5.91 Å². The number of amides is 1. The van der Waals surface area contributed by atoms with E-state index in [-0.39, 0.29) is 12.3 Å². The fraction of sp³-hybridized carbons (Fsp3) is 0.400. The van der Waals surface area contributed by atoms with Gasteiger partial charge in [-0.25, -0.2) is 0 Å². The lowest BCUT2D eigenvalue weighted by atomic mass is 10.1. The van der Waals surface area contributed by atoms with Gasteiger partial charge in [-0.3, -0.25) is 14.3 Å². The fourth-order valence-corrected chi connectivity index (χ4v) is 4.30. The molecular formula is C25H30N4O4. The van der Waals surface area contributed by atoms with Gasteiger partial charge >= 0.3 is 0 Å². The summed E-state index contributed by atoms with van der Waals surface area (Å²) in [6.07, 6.45) is 4.89. The molecule has 1 aliphatic heterocycles. The summed E-state index contributed by atoms with van der Waals surface area (Å²) in [5, 5.41) is 19.8. The number of fused-ring (bicyclic) bond motifs is 1. The summed E-state index contributed by atoms with van der Waals surface area (Å²) < 4.78 is 12.4. The lowest BCUT2D eigenvalue weighted by Crippen LogP contribution is -2.27. The average Bonchev–Trinajstić information content (AvgIpc) is 2.98. The van der Waals surface area contributed by atoms with E-state index in [9.17, 15) is 9.90 Å². The van der Waals surface area contributed by atoms with Gasteiger partial charge in [0.1, 0.15) is 0 Å². The van der Waals surface area contributed by atoms with Crippen LogP contribution in [0.3, 0.4) is 0 Å². The molecule has 174 valence electrons. The van der Waals surface area contributed by atoms with Crippen LogP contribution in [0.1, 0.15) is 31.2 Å². The minimum atomic E-state index is -0.411. The van der Waals surface area contributed by atoms with E-state index in [1.165, 1.54) is 12.8 Å². The molecule has 1 aliphatic rings. The normalized spacial score (nSPS) is 15.1. The van der Waals surface area contributed by atoms with E-state index in [0.717, 1.165) is 42.4 Å². The number of benzene rings is 2. The molecule has 1 amide bonds. The van der Waals surface area contributed by atoms with Crippen LogP contribution in [0.4, 0.5) is 5.69 Å². The highest BCUT2D eigenvalue weighted by Crippen LogP contribution is 2.39. The summed E-state index contributed by atoms with van der Waals surface area (Å²) >= 11 is 0. The Morgan fingerprint density at radius 2 is 1.73 bits per heavy atom. The number of rotatable bonds is 7. The third-order valence-corrected chi connectivity index (χ3v) is 6.02. The van der Waals surface area contributed by atoms with Crippen molar-refractivity contribution in [2.45, 2.75) is 38.8 Å². The molecule has 0 unspecified atom stereocenters. The Balaban J connectivity index is 1.55. The Bertz CT molecular complexity index is 1150. The Kier molecular flexibility index (Phi) is 7.24. The first kappa shape index (κ1) is 22.8. The fourth-order valence-electron chi connectivity index (χ4n) is 4.30. The summed E-state index contributed by atoms with van der Waals surface area (Å²) in [4.78, 5) is 14.9. The van der Waals surface area contributed by atoms with Gasteiger partial charge < -0.3 is 14.6 Å². The van der Waals surface area contributed by atoms with Crippen molar-refractivity contribution in [3.8, 4) is 17.4 Å². The lowest BCUT2D eigenvalue weighted by molar-refractivity contribution is -0.117. The molecule has 1 saturated heterocycles. The van der Waals surface area contributed by atoms with E-state index in [1.54, 1.807) is 32.4 Å². The second-order valence-electron chi connectivity index (χ2n) is 8.25. The largest absolute Gasteiger partial charge is 0.493 e. The number of carbonyl (C=O) groups is 1. The topological polar surface area (TPSA) is 88.7 Å². The average molecular weight is 451 g/mol. The summed E-state index contributed by atoms with van der Waals surface area (Å²) in [6.45, 7) is 2.60. The van der Waals surface area contributed by atoms with Crippen molar-refractivity contribution in [2.75, 3.05) is 27.3 Å². The standard InChI is InChI=1S/C25H30N4O4/c1-32-21-12-11-18(15-22(21)33-2)16-23(30)26-27-24-19-9-5-6-10-20(19)29(25(24)31)17-28-13-7-3-4-8-14-28/h5-6,9-12,15,31H,3-4,7-8,13-14,16-17H2,1-2H3. The number of aromatic nitrogens is 1. The van der Waals surface area contributed by atoms with Gasteiger partial charge in [0.15, 0.2) is 17.2 Å². The maximum atomic E-state index is 12.5. The van der Waals surface area contributed by atoms with Crippen LogP contribution in [0.2, 0.25) is 0 Å². The number of methoxy groups -OCH3 is 2. The lowest BCUT2D eigenvalue weighted by Gasteiger charge is -2.21. The van der Waals surface area contributed by atoms with Crippen LogP contribution < -0.4 is 9.47 Å². The Labute approximate surface area is 193 Å². The zero-order chi connectivity index (χ0) is 23.2.